The zero-order chi connectivity index (χ0) is 101. The molecule has 0 unspecified atom stereocenters. The molecule has 20 rings (SSSR count). The van der Waals surface area contributed by atoms with Gasteiger partial charge in [-0.15, -0.1) is 0 Å². The van der Waals surface area contributed by atoms with E-state index in [0.29, 0.717) is 89.7 Å². The van der Waals surface area contributed by atoms with Crippen molar-refractivity contribution in [2.45, 2.75) is 154 Å². The lowest BCUT2D eigenvalue weighted by Crippen LogP contribution is -2.22. The number of carbonyl (C=O) groups excluding carboxylic acids is 8. The SMILES string of the molecule is COc1cc(C(=O)Nc2ccc3nc(-c4ccc(NC(=O)C5CCCCCC5)cc4)[nH]c3c2)cc(OC)c1OC.COc1ccc(C(=O)Nc2ccc3nc(-c4ccc(NC(=O)C5CCCCCC5)cc4)[nH]c3c2)cc1.O=C(Nc1ccc2nc(-c3ccc(NC(=O)C4CCCCCC4)cc3)[nH]c2c1)c1cc(Cl)cc(Cl)c1.O=C(Nc1ccc2nc(-c3ccc(NC(=O)C4CCCCCC4)cc3)[nH]c2c1)c1ccccc1. The topological polar surface area (TPSA) is 384 Å². The molecule has 4 fully saturated rings. The molecule has 4 aliphatic carbocycles. The van der Waals surface area contributed by atoms with Gasteiger partial charge in [0, 0.05) is 124 Å². The van der Waals surface area contributed by atoms with Gasteiger partial charge in [0.05, 0.1) is 72.6 Å². The quantitative estimate of drug-likeness (QED) is 0.0250. The highest BCUT2D eigenvalue weighted by molar-refractivity contribution is 6.35. The van der Waals surface area contributed by atoms with E-state index in [1.165, 1.54) is 72.7 Å². The molecular formula is C116H118Cl2N16O12. The number of rotatable bonds is 24. The molecule has 4 heterocycles. The zero-order valence-electron chi connectivity index (χ0n) is 82.0. The van der Waals surface area contributed by atoms with Gasteiger partial charge in [0.25, 0.3) is 23.6 Å². The van der Waals surface area contributed by atoms with E-state index in [2.05, 4.69) is 77.4 Å². The molecule has 12 aromatic carbocycles. The summed E-state index contributed by atoms with van der Waals surface area (Å²) < 4.78 is 21.2. The Bertz CT molecular complexity index is 7240. The highest BCUT2D eigenvalue weighted by Gasteiger charge is 2.27. The number of carbonyl (C=O) groups is 8. The number of imidazole rings is 4. The standard InChI is InChI=1S/C31H34N4O5.C29H30N4O3.C28H26Cl2N4O2.C28H28N4O2/c1-38-26-16-21(17-27(39-2)28(26)40-3)31(37)33-23-14-15-24-25(18-23)35-29(34-24)19-10-12-22(13-11-19)32-30(36)20-8-6-4-5-7-9-20;1-36-24-15-10-21(11-16-24)29(35)31-23-14-17-25-26(18-23)33-27(32-25)19-8-12-22(13-9-19)30-28(34)20-6-4-2-3-5-7-20;29-20-13-19(14-21(30)15-20)28(36)32-23-11-12-24-25(16-23)34-26(33-24)17-7-9-22(10-8-17)31-27(35)18-5-3-1-2-4-6-18;33-27(20-8-4-1-2-5-9-20)29-22-14-12-19(13-15-22)26-31-24-17-16-23(18-25(24)32-26)30-28(34)21-10-6-3-7-11-21/h10-18,20H,4-9H2,1-3H3,(H,32,36)(H,33,37)(H,34,35);8-18,20H,2-7H2,1H3,(H,30,34)(H,31,35)(H,32,33);7-16,18H,1-6H2,(H,31,35)(H,32,36)(H,33,34);3,6-7,10-18,20H,1-2,4-5,8-9H2,(H,29,33)(H,30,34)(H,31,32). The average molecular weight is 2000 g/mol. The van der Waals surface area contributed by atoms with E-state index in [-0.39, 0.29) is 70.9 Å². The van der Waals surface area contributed by atoms with Crippen molar-refractivity contribution in [3.8, 4) is 68.5 Å². The van der Waals surface area contributed by atoms with Crippen LogP contribution >= 0.6 is 23.2 Å². The molecule has 28 nitrogen and oxygen atoms in total. The second-order valence-corrected chi connectivity index (χ2v) is 38.1. The number of ether oxygens (including phenoxy) is 4. The molecule has 8 amide bonds. The number of amides is 8. The van der Waals surface area contributed by atoms with Crippen molar-refractivity contribution in [3.63, 3.8) is 0 Å². The molecule has 0 saturated heterocycles. The third-order valence-corrected chi connectivity index (χ3v) is 27.4. The Labute approximate surface area is 856 Å². The van der Waals surface area contributed by atoms with Crippen molar-refractivity contribution in [1.82, 2.24) is 39.9 Å². The second kappa shape index (κ2) is 48.9. The third-order valence-electron chi connectivity index (χ3n) is 27.0. The normalized spacial score (nSPS) is 14.2. The number of aromatic amines is 4. The first-order valence-corrected chi connectivity index (χ1v) is 50.8. The number of halogens is 2. The van der Waals surface area contributed by atoms with E-state index < -0.39 is 0 Å². The van der Waals surface area contributed by atoms with Gasteiger partial charge in [-0.25, -0.2) is 19.9 Å². The number of aromatic nitrogens is 8. The minimum atomic E-state index is -0.320. The van der Waals surface area contributed by atoms with Crippen LogP contribution in [0.4, 0.5) is 45.5 Å². The number of anilines is 8. The van der Waals surface area contributed by atoms with Gasteiger partial charge in [-0.05, 0) is 288 Å². The summed E-state index contributed by atoms with van der Waals surface area (Å²) in [6, 6.07) is 77.0. The van der Waals surface area contributed by atoms with Crippen LogP contribution in [-0.4, -0.2) is 116 Å². The Balaban J connectivity index is 0.000000133. The first kappa shape index (κ1) is 102. The van der Waals surface area contributed by atoms with Crippen molar-refractivity contribution in [2.75, 3.05) is 71.0 Å². The van der Waals surface area contributed by atoms with Gasteiger partial charge >= 0.3 is 0 Å². The molecule has 146 heavy (non-hydrogen) atoms. The largest absolute Gasteiger partial charge is 0.497 e. The summed E-state index contributed by atoms with van der Waals surface area (Å²) in [5.74, 6) is 4.73. The molecule has 0 spiro atoms. The van der Waals surface area contributed by atoms with Gasteiger partial charge in [0.15, 0.2) is 11.5 Å². The van der Waals surface area contributed by atoms with Crippen LogP contribution in [0.2, 0.25) is 10.0 Å². The number of hydrogen-bond donors (Lipinski definition) is 12. The van der Waals surface area contributed by atoms with E-state index in [0.717, 1.165) is 204 Å². The fraction of sp³-hybridized carbons (Fsp3) is 0.276. The fourth-order valence-corrected chi connectivity index (χ4v) is 19.5. The van der Waals surface area contributed by atoms with Crippen LogP contribution in [0.3, 0.4) is 0 Å². The fourth-order valence-electron chi connectivity index (χ4n) is 18.9. The lowest BCUT2D eigenvalue weighted by Gasteiger charge is -2.14. The number of fused-ring (bicyclic) bond motifs is 4. The van der Waals surface area contributed by atoms with Crippen LogP contribution in [0, 0.1) is 23.7 Å². The average Bonchev–Trinajstić information content (AvgIpc) is 1.64. The van der Waals surface area contributed by atoms with Crippen molar-refractivity contribution in [2.24, 2.45) is 23.7 Å². The lowest BCUT2D eigenvalue weighted by atomic mass is 9.99. The van der Waals surface area contributed by atoms with E-state index in [9.17, 15) is 38.4 Å². The predicted octanol–water partition coefficient (Wildman–Crippen LogP) is 26.9. The molecule has 16 aromatic rings. The summed E-state index contributed by atoms with van der Waals surface area (Å²) in [7, 11) is 6.11. The third kappa shape index (κ3) is 26.7. The van der Waals surface area contributed by atoms with Gasteiger partial charge in [0.2, 0.25) is 29.4 Å². The van der Waals surface area contributed by atoms with Crippen LogP contribution in [0.25, 0.3) is 89.7 Å². The van der Waals surface area contributed by atoms with Gasteiger partial charge in [-0.3, -0.25) is 38.4 Å². The van der Waals surface area contributed by atoms with Gasteiger partial charge in [0.1, 0.15) is 29.0 Å². The smallest absolute Gasteiger partial charge is 0.255 e. The highest BCUT2D eigenvalue weighted by Crippen LogP contribution is 2.40. The Morgan fingerprint density at radius 3 is 0.767 bits per heavy atom. The van der Waals surface area contributed by atoms with Crippen molar-refractivity contribution < 1.29 is 57.3 Å². The molecule has 4 aliphatic rings. The molecular weight excluding hydrogens is 1880 g/mol. The molecule has 30 heteroatoms. The van der Waals surface area contributed by atoms with E-state index in [4.69, 9.17) is 47.1 Å². The molecule has 0 atom stereocenters. The number of methoxy groups -OCH3 is 4. The summed E-state index contributed by atoms with van der Waals surface area (Å²) in [6.07, 6.45) is 26.7. The second-order valence-electron chi connectivity index (χ2n) is 37.3. The van der Waals surface area contributed by atoms with Crippen LogP contribution in [0.15, 0.2) is 255 Å². The maximum absolute atomic E-state index is 13.0. The van der Waals surface area contributed by atoms with Crippen LogP contribution in [0.1, 0.15) is 196 Å². The van der Waals surface area contributed by atoms with Crippen LogP contribution < -0.4 is 61.5 Å². The molecule has 4 saturated carbocycles. The summed E-state index contributed by atoms with van der Waals surface area (Å²) in [6.45, 7) is 0. The van der Waals surface area contributed by atoms with E-state index >= 15 is 0 Å². The molecule has 0 radical (unpaired) electrons. The lowest BCUT2D eigenvalue weighted by molar-refractivity contribution is -0.121. The molecule has 4 aromatic heterocycles. The number of nitrogens with zero attached hydrogens (tertiary/aromatic N) is 4. The highest BCUT2D eigenvalue weighted by atomic mass is 35.5. The molecule has 0 aliphatic heterocycles. The summed E-state index contributed by atoms with van der Waals surface area (Å²) in [5.41, 5.74) is 17.7. The van der Waals surface area contributed by atoms with Crippen molar-refractivity contribution in [3.05, 3.63) is 287 Å². The minimum absolute atomic E-state index is 0.0982. The molecule has 748 valence electrons. The Kier molecular flexibility index (Phi) is 34.0. The zero-order valence-corrected chi connectivity index (χ0v) is 83.5. The monoisotopic (exact) mass is 2000 g/mol. The first-order valence-electron chi connectivity index (χ1n) is 50.0. The van der Waals surface area contributed by atoms with E-state index in [1.807, 2.05) is 176 Å². The van der Waals surface area contributed by atoms with E-state index in [1.54, 1.807) is 86.0 Å². The number of hydrogen-bond acceptors (Lipinski definition) is 16. The maximum atomic E-state index is 13.0. The van der Waals surface area contributed by atoms with Crippen molar-refractivity contribution in [1.29, 1.82) is 0 Å². The van der Waals surface area contributed by atoms with Gasteiger partial charge in [-0.2, -0.15) is 0 Å². The maximum Gasteiger partial charge on any atom is 0.255 e. The number of benzene rings is 12. The predicted molar refractivity (Wildman–Crippen MR) is 579 cm³/mol. The molecule has 0 bridgehead atoms. The summed E-state index contributed by atoms with van der Waals surface area (Å²) in [5, 5.41) is 24.7. The van der Waals surface area contributed by atoms with Gasteiger partial charge < -0.3 is 81.4 Å². The Morgan fingerprint density at radius 1 is 0.253 bits per heavy atom. The number of nitrogens with one attached hydrogen (secondary N) is 12. The van der Waals surface area contributed by atoms with Crippen LogP contribution in [0.5, 0.6) is 23.0 Å². The number of H-pyrrole nitrogens is 4. The summed E-state index contributed by atoms with van der Waals surface area (Å²) >= 11 is 12.0. The first-order chi connectivity index (χ1) is 71.2. The van der Waals surface area contributed by atoms with Gasteiger partial charge in [-0.1, -0.05) is 144 Å². The summed E-state index contributed by atoms with van der Waals surface area (Å²) in [4.78, 5) is 133. The van der Waals surface area contributed by atoms with Crippen LogP contribution in [-0.2, 0) is 19.2 Å². The van der Waals surface area contributed by atoms with Crippen molar-refractivity contribution >= 4 is 160 Å². The molecule has 12 N–H and O–H groups in total. The Morgan fingerprint density at radius 2 is 0.507 bits per heavy atom. The Hall–Kier alpha value is -15.9. The minimum Gasteiger partial charge on any atom is -0.497 e.